The summed E-state index contributed by atoms with van der Waals surface area (Å²) in [5.41, 5.74) is 1.73. The number of benzene rings is 1. The van der Waals surface area contributed by atoms with Crippen molar-refractivity contribution in [2.75, 3.05) is 27.2 Å². The number of hydrogen-bond acceptors (Lipinski definition) is 2. The van der Waals surface area contributed by atoms with Gasteiger partial charge in [-0.15, -0.1) is 0 Å². The lowest BCUT2D eigenvalue weighted by Crippen LogP contribution is -2.33. The predicted octanol–water partition coefficient (Wildman–Crippen LogP) is 2.74. The molecule has 1 aliphatic heterocycles. The van der Waals surface area contributed by atoms with Gasteiger partial charge in [-0.2, -0.15) is 0 Å². The second-order valence-corrected chi connectivity index (χ2v) is 5.73. The van der Waals surface area contributed by atoms with Gasteiger partial charge in [0.1, 0.15) is 5.82 Å². The number of hydrogen-bond donors (Lipinski definition) is 1. The molecule has 0 aliphatic carbocycles. The summed E-state index contributed by atoms with van der Waals surface area (Å²) in [6.45, 7) is 3.20. The van der Waals surface area contributed by atoms with Gasteiger partial charge in [-0.3, -0.25) is 0 Å². The molecule has 1 aliphatic rings. The topological polar surface area (TPSA) is 43.8 Å². The van der Waals surface area contributed by atoms with Crippen molar-refractivity contribution in [1.29, 1.82) is 0 Å². The smallest absolute Gasteiger partial charge is 0.407 e. The van der Waals surface area contributed by atoms with Crippen LogP contribution in [0.25, 0.3) is 0 Å². The van der Waals surface area contributed by atoms with E-state index in [-0.39, 0.29) is 17.8 Å². The SMILES string of the molecule is Cc1cc(F)ccc1C1C(CN(C)C)CCN1C(=O)O. The molecule has 1 aromatic rings. The summed E-state index contributed by atoms with van der Waals surface area (Å²) < 4.78 is 13.3. The fourth-order valence-electron chi connectivity index (χ4n) is 3.12. The van der Waals surface area contributed by atoms with Crippen LogP contribution in [0, 0.1) is 18.7 Å². The zero-order valence-electron chi connectivity index (χ0n) is 12.1. The largest absolute Gasteiger partial charge is 0.465 e. The van der Waals surface area contributed by atoms with Gasteiger partial charge in [0.05, 0.1) is 6.04 Å². The summed E-state index contributed by atoms with van der Waals surface area (Å²) in [6, 6.07) is 4.42. The van der Waals surface area contributed by atoms with Crippen molar-refractivity contribution in [1.82, 2.24) is 9.80 Å². The van der Waals surface area contributed by atoms with E-state index in [0.29, 0.717) is 6.54 Å². The normalized spacial score (nSPS) is 22.6. The number of nitrogens with zero attached hydrogens (tertiary/aromatic N) is 2. The fraction of sp³-hybridized carbons (Fsp3) is 0.533. The van der Waals surface area contributed by atoms with Crippen LogP contribution in [0.3, 0.4) is 0 Å². The minimum Gasteiger partial charge on any atom is -0.465 e. The first-order chi connectivity index (χ1) is 9.40. The predicted molar refractivity (Wildman–Crippen MR) is 75.3 cm³/mol. The molecule has 2 unspecified atom stereocenters. The molecule has 110 valence electrons. The number of amides is 1. The Morgan fingerprint density at radius 2 is 2.20 bits per heavy atom. The molecule has 20 heavy (non-hydrogen) atoms. The lowest BCUT2D eigenvalue weighted by molar-refractivity contribution is 0.131. The van der Waals surface area contributed by atoms with Crippen LogP contribution in [0.1, 0.15) is 23.6 Å². The number of carbonyl (C=O) groups is 1. The van der Waals surface area contributed by atoms with E-state index in [9.17, 15) is 14.3 Å². The average Bonchev–Trinajstić information content (AvgIpc) is 2.72. The van der Waals surface area contributed by atoms with E-state index in [4.69, 9.17) is 0 Å². The minimum absolute atomic E-state index is 0.185. The van der Waals surface area contributed by atoms with Crippen molar-refractivity contribution in [3.8, 4) is 0 Å². The van der Waals surface area contributed by atoms with E-state index in [0.717, 1.165) is 24.1 Å². The van der Waals surface area contributed by atoms with Crippen molar-refractivity contribution < 1.29 is 14.3 Å². The summed E-state index contributed by atoms with van der Waals surface area (Å²) in [4.78, 5) is 15.0. The fourth-order valence-corrected chi connectivity index (χ4v) is 3.12. The highest BCUT2D eigenvalue weighted by molar-refractivity contribution is 5.66. The van der Waals surface area contributed by atoms with Crippen LogP contribution in [0.4, 0.5) is 9.18 Å². The molecule has 4 nitrogen and oxygen atoms in total. The molecular weight excluding hydrogens is 259 g/mol. The third kappa shape index (κ3) is 2.93. The number of aryl methyl sites for hydroxylation is 1. The van der Waals surface area contributed by atoms with Crippen LogP contribution in [0.2, 0.25) is 0 Å². The van der Waals surface area contributed by atoms with E-state index < -0.39 is 6.09 Å². The van der Waals surface area contributed by atoms with Gasteiger partial charge >= 0.3 is 6.09 Å². The zero-order chi connectivity index (χ0) is 14.9. The first kappa shape index (κ1) is 14.8. The standard InChI is InChI=1S/C15H21FN2O2/c1-10-8-12(16)4-5-13(10)14-11(9-17(2)3)6-7-18(14)15(19)20/h4-5,8,11,14H,6-7,9H2,1-3H3,(H,19,20). The molecule has 1 amide bonds. The van der Waals surface area contributed by atoms with Crippen LogP contribution < -0.4 is 0 Å². The molecule has 0 radical (unpaired) electrons. The Hall–Kier alpha value is -1.62. The van der Waals surface area contributed by atoms with Gasteiger partial charge in [0.25, 0.3) is 0 Å². The molecule has 5 heteroatoms. The van der Waals surface area contributed by atoms with Gasteiger partial charge in [-0.1, -0.05) is 6.07 Å². The van der Waals surface area contributed by atoms with Gasteiger partial charge < -0.3 is 14.9 Å². The first-order valence-corrected chi connectivity index (χ1v) is 6.80. The van der Waals surface area contributed by atoms with Gasteiger partial charge in [-0.05, 0) is 56.6 Å². The summed E-state index contributed by atoms with van der Waals surface area (Å²) in [7, 11) is 3.97. The lowest BCUT2D eigenvalue weighted by atomic mass is 9.90. The summed E-state index contributed by atoms with van der Waals surface area (Å²) in [5, 5.41) is 9.38. The Balaban J connectivity index is 2.37. The third-order valence-corrected chi connectivity index (χ3v) is 3.92. The van der Waals surface area contributed by atoms with E-state index in [1.54, 1.807) is 6.07 Å². The van der Waals surface area contributed by atoms with Crippen LogP contribution in [-0.4, -0.2) is 48.2 Å². The van der Waals surface area contributed by atoms with Crippen LogP contribution in [0.5, 0.6) is 0 Å². The molecule has 1 fully saturated rings. The molecule has 2 atom stereocenters. The van der Waals surface area contributed by atoms with Crippen molar-refractivity contribution in [2.45, 2.75) is 19.4 Å². The molecule has 1 N–H and O–H groups in total. The van der Waals surface area contributed by atoms with Gasteiger partial charge in [0, 0.05) is 13.1 Å². The molecule has 0 saturated carbocycles. The molecule has 0 bridgehead atoms. The van der Waals surface area contributed by atoms with Gasteiger partial charge in [0.15, 0.2) is 0 Å². The monoisotopic (exact) mass is 280 g/mol. The Morgan fingerprint density at radius 3 is 2.75 bits per heavy atom. The van der Waals surface area contributed by atoms with Crippen LogP contribution >= 0.6 is 0 Å². The molecule has 2 rings (SSSR count). The van der Waals surface area contributed by atoms with E-state index in [1.165, 1.54) is 17.0 Å². The van der Waals surface area contributed by atoms with Gasteiger partial charge in [-0.25, -0.2) is 9.18 Å². The number of halogens is 1. The van der Waals surface area contributed by atoms with Crippen molar-refractivity contribution in [2.24, 2.45) is 5.92 Å². The second-order valence-electron chi connectivity index (χ2n) is 5.73. The summed E-state index contributed by atoms with van der Waals surface area (Å²) in [6.07, 6.45) is -0.0635. The highest BCUT2D eigenvalue weighted by Crippen LogP contribution is 2.39. The van der Waals surface area contributed by atoms with E-state index in [2.05, 4.69) is 4.90 Å². The zero-order valence-corrected chi connectivity index (χ0v) is 12.1. The maximum absolute atomic E-state index is 13.3. The Kier molecular flexibility index (Phi) is 4.28. The molecule has 0 spiro atoms. The summed E-state index contributed by atoms with van der Waals surface area (Å²) >= 11 is 0. The number of carboxylic acid groups (broad SMARTS) is 1. The van der Waals surface area contributed by atoms with Crippen LogP contribution in [-0.2, 0) is 0 Å². The van der Waals surface area contributed by atoms with Crippen molar-refractivity contribution in [3.63, 3.8) is 0 Å². The first-order valence-electron chi connectivity index (χ1n) is 6.80. The number of rotatable bonds is 3. The highest BCUT2D eigenvalue weighted by atomic mass is 19.1. The van der Waals surface area contributed by atoms with E-state index >= 15 is 0 Å². The third-order valence-electron chi connectivity index (χ3n) is 3.92. The summed E-state index contributed by atoms with van der Waals surface area (Å²) in [5.74, 6) is -0.0412. The highest BCUT2D eigenvalue weighted by Gasteiger charge is 2.38. The second kappa shape index (κ2) is 5.79. The molecule has 1 heterocycles. The molecule has 1 saturated heterocycles. The van der Waals surface area contributed by atoms with Crippen molar-refractivity contribution in [3.05, 3.63) is 35.1 Å². The maximum atomic E-state index is 13.3. The quantitative estimate of drug-likeness (QED) is 0.926. The lowest BCUT2D eigenvalue weighted by Gasteiger charge is -2.29. The van der Waals surface area contributed by atoms with E-state index in [1.807, 2.05) is 21.0 Å². The molecular formula is C15H21FN2O2. The Bertz CT molecular complexity index is 505. The van der Waals surface area contributed by atoms with Gasteiger partial charge in [0.2, 0.25) is 0 Å². The molecule has 0 aromatic heterocycles. The van der Waals surface area contributed by atoms with Crippen molar-refractivity contribution >= 4 is 6.09 Å². The minimum atomic E-state index is -0.903. The Labute approximate surface area is 118 Å². The maximum Gasteiger partial charge on any atom is 0.407 e. The Morgan fingerprint density at radius 1 is 1.50 bits per heavy atom. The molecule has 1 aromatic carbocycles. The number of likely N-dealkylation sites (tertiary alicyclic amines) is 1. The van der Waals surface area contributed by atoms with Crippen LogP contribution in [0.15, 0.2) is 18.2 Å². The average molecular weight is 280 g/mol.